The lowest BCUT2D eigenvalue weighted by molar-refractivity contribution is -0.123. The van der Waals surface area contributed by atoms with Crippen LogP contribution in [0.2, 0.25) is 0 Å². The van der Waals surface area contributed by atoms with Crippen LogP contribution in [-0.4, -0.2) is 34.9 Å². The minimum absolute atomic E-state index is 0.0754. The number of aliphatic hydroxyl groups excluding tert-OH is 2. The molecule has 0 aliphatic rings. The second-order valence-corrected chi connectivity index (χ2v) is 17.6. The van der Waals surface area contributed by atoms with Crippen molar-refractivity contribution in [2.45, 2.75) is 283 Å². The van der Waals surface area contributed by atoms with Crippen molar-refractivity contribution in [3.8, 4) is 0 Å². The molecule has 0 heterocycles. The van der Waals surface area contributed by atoms with Crippen molar-refractivity contribution in [1.82, 2.24) is 5.32 Å². The average molecular weight is 812 g/mol. The normalized spacial score (nSPS) is 13.2. The first kappa shape index (κ1) is 56.4. The number of amides is 1. The van der Waals surface area contributed by atoms with Gasteiger partial charge in [0, 0.05) is 6.42 Å². The molecule has 0 radical (unpaired) electrons. The van der Waals surface area contributed by atoms with Gasteiger partial charge in [-0.05, 0) is 70.6 Å². The maximum Gasteiger partial charge on any atom is 0.220 e. The lowest BCUT2D eigenvalue weighted by Gasteiger charge is -2.19. The van der Waals surface area contributed by atoms with Gasteiger partial charge in [0.1, 0.15) is 0 Å². The van der Waals surface area contributed by atoms with Crippen LogP contribution >= 0.6 is 0 Å². The van der Waals surface area contributed by atoms with Crippen LogP contribution in [0.5, 0.6) is 0 Å². The molecule has 0 spiro atoms. The molecule has 340 valence electrons. The SMILES string of the molecule is CCCCCCCCC/C=C/CC/C=C/CC/C=C/C(O)C(CO)NC(=O)CCCCCCCCCCCCCCCCCCC/C=C\CCCCCCCCCC. The Labute approximate surface area is 363 Å². The highest BCUT2D eigenvalue weighted by Crippen LogP contribution is 2.16. The van der Waals surface area contributed by atoms with Gasteiger partial charge in [0.15, 0.2) is 0 Å². The van der Waals surface area contributed by atoms with Crippen molar-refractivity contribution in [3.63, 3.8) is 0 Å². The van der Waals surface area contributed by atoms with E-state index in [1.165, 1.54) is 212 Å². The summed E-state index contributed by atoms with van der Waals surface area (Å²) in [7, 11) is 0. The molecule has 58 heavy (non-hydrogen) atoms. The summed E-state index contributed by atoms with van der Waals surface area (Å²) in [6.07, 6.45) is 68.3. The Balaban J connectivity index is 3.52. The van der Waals surface area contributed by atoms with Crippen LogP contribution in [0, 0.1) is 0 Å². The Morgan fingerprint density at radius 3 is 1.00 bits per heavy atom. The standard InChI is InChI=1S/C54H101NO3/c1-3-5-7-9-11-13-15-17-19-21-22-23-24-25-26-27-28-29-30-31-32-34-36-38-40-42-44-46-48-50-54(58)55-52(51-56)53(57)49-47-45-43-41-39-37-35-33-20-18-16-14-12-10-8-6-4-2/h20-22,33,39,41,47,49,52-53,56-57H,3-19,23-32,34-38,40,42-46,48,50-51H2,1-2H3,(H,55,58)/b22-21-,33-20+,41-39+,49-47+. The zero-order valence-electron chi connectivity index (χ0n) is 39.1. The Kier molecular flexibility index (Phi) is 48.3. The topological polar surface area (TPSA) is 69.6 Å². The highest BCUT2D eigenvalue weighted by molar-refractivity contribution is 5.76. The van der Waals surface area contributed by atoms with E-state index in [0.29, 0.717) is 6.42 Å². The van der Waals surface area contributed by atoms with Crippen molar-refractivity contribution in [2.24, 2.45) is 0 Å². The number of carbonyl (C=O) groups is 1. The summed E-state index contributed by atoms with van der Waals surface area (Å²) in [6, 6.07) is -0.645. The molecule has 1 amide bonds. The maximum atomic E-state index is 12.4. The van der Waals surface area contributed by atoms with Crippen molar-refractivity contribution >= 4 is 5.91 Å². The Morgan fingerprint density at radius 2 is 0.672 bits per heavy atom. The van der Waals surface area contributed by atoms with Gasteiger partial charge >= 0.3 is 0 Å². The summed E-state index contributed by atoms with van der Waals surface area (Å²) in [5.41, 5.74) is 0. The number of aliphatic hydroxyl groups is 2. The van der Waals surface area contributed by atoms with E-state index in [9.17, 15) is 15.0 Å². The fourth-order valence-corrected chi connectivity index (χ4v) is 7.79. The number of hydrogen-bond donors (Lipinski definition) is 3. The van der Waals surface area contributed by atoms with Crippen LogP contribution in [0.1, 0.15) is 271 Å². The summed E-state index contributed by atoms with van der Waals surface area (Å²) in [5, 5.41) is 23.1. The summed E-state index contributed by atoms with van der Waals surface area (Å²) >= 11 is 0. The zero-order valence-corrected chi connectivity index (χ0v) is 39.1. The fraction of sp³-hybridized carbons (Fsp3) is 0.833. The second-order valence-electron chi connectivity index (χ2n) is 17.6. The van der Waals surface area contributed by atoms with Gasteiger partial charge in [0.25, 0.3) is 0 Å². The molecule has 4 nitrogen and oxygen atoms in total. The molecular formula is C54H101NO3. The number of carbonyl (C=O) groups excluding carboxylic acids is 1. The molecule has 3 N–H and O–H groups in total. The minimum atomic E-state index is -0.869. The summed E-state index contributed by atoms with van der Waals surface area (Å²) in [5.74, 6) is -0.0754. The van der Waals surface area contributed by atoms with Gasteiger partial charge in [-0.1, -0.05) is 242 Å². The number of nitrogens with one attached hydrogen (secondary N) is 1. The molecule has 4 heteroatoms. The quantitative estimate of drug-likeness (QED) is 0.0423. The number of hydrogen-bond acceptors (Lipinski definition) is 3. The van der Waals surface area contributed by atoms with E-state index in [4.69, 9.17) is 0 Å². The first-order valence-electron chi connectivity index (χ1n) is 25.9. The monoisotopic (exact) mass is 812 g/mol. The molecule has 0 saturated heterocycles. The van der Waals surface area contributed by atoms with Crippen molar-refractivity contribution < 1.29 is 15.0 Å². The molecular weight excluding hydrogens is 711 g/mol. The molecule has 2 unspecified atom stereocenters. The lowest BCUT2D eigenvalue weighted by Crippen LogP contribution is -2.45. The molecule has 0 saturated carbocycles. The first-order valence-corrected chi connectivity index (χ1v) is 25.9. The van der Waals surface area contributed by atoms with Crippen LogP contribution < -0.4 is 5.32 Å². The average Bonchev–Trinajstić information content (AvgIpc) is 3.23. The number of unbranched alkanes of at least 4 members (excludes halogenated alkanes) is 34. The summed E-state index contributed by atoms with van der Waals surface area (Å²) in [4.78, 5) is 12.4. The van der Waals surface area contributed by atoms with E-state index in [1.807, 2.05) is 6.08 Å². The third kappa shape index (κ3) is 45.4. The fourth-order valence-electron chi connectivity index (χ4n) is 7.79. The van der Waals surface area contributed by atoms with E-state index in [-0.39, 0.29) is 12.5 Å². The van der Waals surface area contributed by atoms with Gasteiger partial charge in [0.05, 0.1) is 18.8 Å². The van der Waals surface area contributed by atoms with Crippen LogP contribution in [0.15, 0.2) is 48.6 Å². The molecule has 0 aromatic carbocycles. The predicted octanol–water partition coefficient (Wildman–Crippen LogP) is 16.7. The smallest absolute Gasteiger partial charge is 0.220 e. The van der Waals surface area contributed by atoms with Gasteiger partial charge < -0.3 is 15.5 Å². The van der Waals surface area contributed by atoms with E-state index in [0.717, 1.165) is 38.5 Å². The molecule has 0 fully saturated rings. The maximum absolute atomic E-state index is 12.4. The molecule has 0 aromatic heterocycles. The Hall–Kier alpha value is -1.65. The van der Waals surface area contributed by atoms with Crippen molar-refractivity contribution in [2.75, 3.05) is 6.61 Å². The summed E-state index contributed by atoms with van der Waals surface area (Å²) in [6.45, 7) is 4.30. The number of rotatable bonds is 47. The highest BCUT2D eigenvalue weighted by atomic mass is 16.3. The molecule has 0 aliphatic heterocycles. The van der Waals surface area contributed by atoms with Gasteiger partial charge in [-0.25, -0.2) is 0 Å². The third-order valence-corrected chi connectivity index (χ3v) is 11.8. The van der Waals surface area contributed by atoms with Crippen LogP contribution in [-0.2, 0) is 4.79 Å². The van der Waals surface area contributed by atoms with E-state index >= 15 is 0 Å². The molecule has 0 aromatic rings. The van der Waals surface area contributed by atoms with Gasteiger partial charge in [-0.2, -0.15) is 0 Å². The van der Waals surface area contributed by atoms with Crippen LogP contribution in [0.3, 0.4) is 0 Å². The Morgan fingerprint density at radius 1 is 0.397 bits per heavy atom. The lowest BCUT2D eigenvalue weighted by atomic mass is 10.0. The summed E-state index contributed by atoms with van der Waals surface area (Å²) < 4.78 is 0. The van der Waals surface area contributed by atoms with E-state index < -0.39 is 12.1 Å². The molecule has 0 bridgehead atoms. The first-order chi connectivity index (χ1) is 28.7. The molecule has 0 aliphatic carbocycles. The predicted molar refractivity (Wildman–Crippen MR) is 258 cm³/mol. The minimum Gasteiger partial charge on any atom is -0.394 e. The largest absolute Gasteiger partial charge is 0.394 e. The third-order valence-electron chi connectivity index (χ3n) is 11.8. The molecule has 0 rings (SSSR count). The second kappa shape index (κ2) is 49.7. The van der Waals surface area contributed by atoms with E-state index in [2.05, 4.69) is 55.6 Å². The highest BCUT2D eigenvalue weighted by Gasteiger charge is 2.17. The van der Waals surface area contributed by atoms with Crippen molar-refractivity contribution in [3.05, 3.63) is 48.6 Å². The van der Waals surface area contributed by atoms with Gasteiger partial charge in [-0.3, -0.25) is 4.79 Å². The Bertz CT molecular complexity index is 923. The van der Waals surface area contributed by atoms with Gasteiger partial charge in [0.2, 0.25) is 5.91 Å². The van der Waals surface area contributed by atoms with Crippen LogP contribution in [0.4, 0.5) is 0 Å². The number of allylic oxidation sites excluding steroid dienone is 7. The zero-order chi connectivity index (χ0) is 42.1. The van der Waals surface area contributed by atoms with Gasteiger partial charge in [-0.15, -0.1) is 0 Å². The van der Waals surface area contributed by atoms with Crippen molar-refractivity contribution in [1.29, 1.82) is 0 Å². The van der Waals surface area contributed by atoms with Crippen LogP contribution in [0.25, 0.3) is 0 Å². The van der Waals surface area contributed by atoms with E-state index in [1.54, 1.807) is 6.08 Å². The molecule has 2 atom stereocenters.